The molecule has 0 aliphatic carbocycles. The largest absolute Gasteiger partial charge is 0.380 e. The molecule has 1 aliphatic heterocycles. The normalized spacial score (nSPS) is 16.5. The zero-order valence-electron chi connectivity index (χ0n) is 13.0. The average molecular weight is 344 g/mol. The number of hydrogen-bond donors (Lipinski definition) is 3. The van der Waals surface area contributed by atoms with Crippen LogP contribution in [0.1, 0.15) is 12.0 Å². The highest BCUT2D eigenvalue weighted by Crippen LogP contribution is 2.26. The lowest BCUT2D eigenvalue weighted by atomic mass is 10.1. The fourth-order valence-corrected chi connectivity index (χ4v) is 2.81. The first-order chi connectivity index (χ1) is 11.6. The molecule has 6 heteroatoms. The van der Waals surface area contributed by atoms with Crippen molar-refractivity contribution in [3.8, 4) is 0 Å². The van der Waals surface area contributed by atoms with Crippen LogP contribution in [0.15, 0.2) is 48.5 Å². The zero-order valence-corrected chi connectivity index (χ0v) is 13.8. The number of carbonyl (C=O) groups excluding carboxylic acids is 2. The van der Waals surface area contributed by atoms with Crippen LogP contribution in [-0.4, -0.2) is 18.4 Å². The van der Waals surface area contributed by atoms with E-state index in [9.17, 15) is 9.59 Å². The summed E-state index contributed by atoms with van der Waals surface area (Å²) in [6, 6.07) is 15.3. The number of benzene rings is 2. The fourth-order valence-electron chi connectivity index (χ4n) is 2.56. The molecule has 0 radical (unpaired) electrons. The lowest BCUT2D eigenvalue weighted by Gasteiger charge is -2.12. The molecule has 0 aromatic heterocycles. The van der Waals surface area contributed by atoms with Crippen LogP contribution >= 0.6 is 11.6 Å². The van der Waals surface area contributed by atoms with Crippen LogP contribution in [0.5, 0.6) is 0 Å². The second-order valence-electron chi connectivity index (χ2n) is 5.73. The maximum absolute atomic E-state index is 12.1. The first-order valence-electron chi connectivity index (χ1n) is 7.77. The van der Waals surface area contributed by atoms with Crippen LogP contribution in [0.2, 0.25) is 5.02 Å². The Morgan fingerprint density at radius 1 is 1.21 bits per heavy atom. The van der Waals surface area contributed by atoms with Gasteiger partial charge in [-0.05, 0) is 23.8 Å². The summed E-state index contributed by atoms with van der Waals surface area (Å²) < 4.78 is 0. The number of amides is 2. The van der Waals surface area contributed by atoms with Crippen molar-refractivity contribution in [2.24, 2.45) is 5.92 Å². The lowest BCUT2D eigenvalue weighted by molar-refractivity contribution is -0.123. The zero-order chi connectivity index (χ0) is 16.9. The molecule has 124 valence electrons. The monoisotopic (exact) mass is 343 g/mol. The van der Waals surface area contributed by atoms with Crippen molar-refractivity contribution < 1.29 is 9.59 Å². The van der Waals surface area contributed by atoms with Gasteiger partial charge in [0, 0.05) is 25.2 Å². The van der Waals surface area contributed by atoms with Crippen LogP contribution in [0.4, 0.5) is 11.4 Å². The summed E-state index contributed by atoms with van der Waals surface area (Å²) in [6.07, 6.45) is 0.232. The molecule has 1 aliphatic rings. The number of anilines is 2. The Balaban J connectivity index is 1.60. The third-order valence-corrected chi connectivity index (χ3v) is 4.22. The summed E-state index contributed by atoms with van der Waals surface area (Å²) in [6.45, 7) is 1.05. The van der Waals surface area contributed by atoms with Crippen molar-refractivity contribution in [3.63, 3.8) is 0 Å². The smallest absolute Gasteiger partial charge is 0.229 e. The van der Waals surface area contributed by atoms with Crippen molar-refractivity contribution in [2.75, 3.05) is 17.2 Å². The Labute approximate surface area is 145 Å². The second-order valence-corrected chi connectivity index (χ2v) is 6.14. The number of carbonyl (C=O) groups is 2. The van der Waals surface area contributed by atoms with E-state index in [0.717, 1.165) is 11.3 Å². The van der Waals surface area contributed by atoms with Gasteiger partial charge in [0.25, 0.3) is 0 Å². The minimum atomic E-state index is -0.327. The Morgan fingerprint density at radius 3 is 2.67 bits per heavy atom. The minimum absolute atomic E-state index is 0.0892. The van der Waals surface area contributed by atoms with Crippen LogP contribution in [0.3, 0.4) is 0 Å². The van der Waals surface area contributed by atoms with Gasteiger partial charge in [0.2, 0.25) is 11.8 Å². The predicted octanol–water partition coefficient (Wildman–Crippen LogP) is 3.03. The summed E-state index contributed by atoms with van der Waals surface area (Å²) in [5.41, 5.74) is 2.58. The molecule has 2 aromatic carbocycles. The quantitative estimate of drug-likeness (QED) is 0.781. The molecule has 2 aromatic rings. The Hall–Kier alpha value is -2.53. The second kappa shape index (κ2) is 7.36. The van der Waals surface area contributed by atoms with Gasteiger partial charge in [-0.3, -0.25) is 9.59 Å². The topological polar surface area (TPSA) is 70.2 Å². The summed E-state index contributed by atoms with van der Waals surface area (Å²) in [5.74, 6) is -0.588. The molecular weight excluding hydrogens is 326 g/mol. The molecule has 2 amide bonds. The highest BCUT2D eigenvalue weighted by Gasteiger charge is 2.27. The standard InChI is InChI=1S/C18H18ClN3O2/c19-15-9-14(22-18(24)13-8-17(23)21-11-13)6-7-16(15)20-10-12-4-2-1-3-5-12/h1-7,9,13,20H,8,10-11H2,(H,21,23)(H,22,24)/t13-/m0/s1. The van der Waals surface area contributed by atoms with Gasteiger partial charge in [-0.2, -0.15) is 0 Å². The maximum atomic E-state index is 12.1. The summed E-state index contributed by atoms with van der Waals surface area (Å²) in [5, 5.41) is 9.26. The number of nitrogens with one attached hydrogen (secondary N) is 3. The van der Waals surface area contributed by atoms with Crippen LogP contribution in [0.25, 0.3) is 0 Å². The minimum Gasteiger partial charge on any atom is -0.380 e. The van der Waals surface area contributed by atoms with Gasteiger partial charge >= 0.3 is 0 Å². The van der Waals surface area contributed by atoms with Gasteiger partial charge < -0.3 is 16.0 Å². The first kappa shape index (κ1) is 16.3. The SMILES string of the molecule is O=C1C[C@H](C(=O)Nc2ccc(NCc3ccccc3)c(Cl)c2)CN1. The molecule has 0 unspecified atom stereocenters. The molecule has 0 saturated carbocycles. The number of halogens is 1. The molecule has 3 N–H and O–H groups in total. The molecule has 1 atom stereocenters. The lowest BCUT2D eigenvalue weighted by Crippen LogP contribution is -2.24. The third kappa shape index (κ3) is 4.06. The molecule has 1 heterocycles. The molecular formula is C18H18ClN3O2. The fraction of sp³-hybridized carbons (Fsp3) is 0.222. The molecule has 0 spiro atoms. The highest BCUT2D eigenvalue weighted by molar-refractivity contribution is 6.33. The van der Waals surface area contributed by atoms with Gasteiger partial charge in [0.1, 0.15) is 0 Å². The van der Waals surface area contributed by atoms with Crippen molar-refractivity contribution in [1.29, 1.82) is 0 Å². The van der Waals surface area contributed by atoms with E-state index in [0.29, 0.717) is 23.8 Å². The molecule has 1 fully saturated rings. The Bertz CT molecular complexity index is 749. The van der Waals surface area contributed by atoms with E-state index in [4.69, 9.17) is 11.6 Å². The van der Waals surface area contributed by atoms with Crippen LogP contribution < -0.4 is 16.0 Å². The molecule has 5 nitrogen and oxygen atoms in total. The Kier molecular flexibility index (Phi) is 5.01. The van der Waals surface area contributed by atoms with Gasteiger partial charge in [-0.1, -0.05) is 41.9 Å². The summed E-state index contributed by atoms with van der Waals surface area (Å²) in [7, 11) is 0. The van der Waals surface area contributed by atoms with Crippen molar-refractivity contribution in [2.45, 2.75) is 13.0 Å². The van der Waals surface area contributed by atoms with Crippen LogP contribution in [-0.2, 0) is 16.1 Å². The van der Waals surface area contributed by atoms with Crippen LogP contribution in [0, 0.1) is 5.92 Å². The number of rotatable bonds is 5. The molecule has 1 saturated heterocycles. The maximum Gasteiger partial charge on any atom is 0.229 e. The third-order valence-electron chi connectivity index (χ3n) is 3.91. The predicted molar refractivity (Wildman–Crippen MR) is 95.0 cm³/mol. The van der Waals surface area contributed by atoms with E-state index < -0.39 is 0 Å². The van der Waals surface area contributed by atoms with E-state index >= 15 is 0 Å². The van der Waals surface area contributed by atoms with E-state index in [1.807, 2.05) is 36.4 Å². The van der Waals surface area contributed by atoms with Crippen molar-refractivity contribution in [3.05, 3.63) is 59.1 Å². The van der Waals surface area contributed by atoms with E-state index in [1.54, 1.807) is 12.1 Å². The van der Waals surface area contributed by atoms with Crippen molar-refractivity contribution in [1.82, 2.24) is 5.32 Å². The van der Waals surface area contributed by atoms with Gasteiger partial charge in [-0.25, -0.2) is 0 Å². The van der Waals surface area contributed by atoms with Gasteiger partial charge in [-0.15, -0.1) is 0 Å². The Morgan fingerprint density at radius 2 is 2.00 bits per heavy atom. The van der Waals surface area contributed by atoms with Gasteiger partial charge in [0.15, 0.2) is 0 Å². The van der Waals surface area contributed by atoms with Gasteiger partial charge in [0.05, 0.1) is 16.6 Å². The molecule has 3 rings (SSSR count). The van der Waals surface area contributed by atoms with E-state index in [2.05, 4.69) is 16.0 Å². The summed E-state index contributed by atoms with van der Waals surface area (Å²) >= 11 is 6.28. The first-order valence-corrected chi connectivity index (χ1v) is 8.14. The van der Waals surface area contributed by atoms with E-state index in [1.165, 1.54) is 0 Å². The highest BCUT2D eigenvalue weighted by atomic mass is 35.5. The van der Waals surface area contributed by atoms with Crippen molar-refractivity contribution >= 4 is 34.8 Å². The number of hydrogen-bond acceptors (Lipinski definition) is 3. The molecule has 24 heavy (non-hydrogen) atoms. The van der Waals surface area contributed by atoms with E-state index in [-0.39, 0.29) is 24.2 Å². The molecule has 0 bridgehead atoms. The summed E-state index contributed by atoms with van der Waals surface area (Å²) in [4.78, 5) is 23.3. The average Bonchev–Trinajstić information content (AvgIpc) is 3.02.